The van der Waals surface area contributed by atoms with Crippen LogP contribution >= 0.6 is 0 Å². The van der Waals surface area contributed by atoms with Gasteiger partial charge in [0.1, 0.15) is 11.3 Å². The first kappa shape index (κ1) is 21.0. The van der Waals surface area contributed by atoms with E-state index in [2.05, 4.69) is 39.5 Å². The van der Waals surface area contributed by atoms with E-state index in [4.69, 9.17) is 19.4 Å². The molecule has 0 bridgehead atoms. The molecule has 1 saturated heterocycles. The van der Waals surface area contributed by atoms with Crippen molar-refractivity contribution in [2.75, 3.05) is 43.6 Å². The van der Waals surface area contributed by atoms with E-state index in [0.717, 1.165) is 48.6 Å². The van der Waals surface area contributed by atoms with Gasteiger partial charge >= 0.3 is 5.97 Å². The molecule has 0 aliphatic carbocycles. The third kappa shape index (κ3) is 4.65. The zero-order valence-electron chi connectivity index (χ0n) is 18.4. The Kier molecular flexibility index (Phi) is 5.91. The van der Waals surface area contributed by atoms with Crippen molar-refractivity contribution in [2.45, 2.75) is 6.42 Å². The van der Waals surface area contributed by atoms with Gasteiger partial charge in [0.05, 0.1) is 31.4 Å². The van der Waals surface area contributed by atoms with Crippen LogP contribution in [0.4, 0.5) is 17.2 Å². The highest BCUT2D eigenvalue weighted by Crippen LogP contribution is 2.25. The van der Waals surface area contributed by atoms with Crippen LogP contribution in [0.25, 0.3) is 11.0 Å². The lowest BCUT2D eigenvalue weighted by molar-refractivity contribution is 0.0601. The van der Waals surface area contributed by atoms with Crippen molar-refractivity contribution in [3.05, 3.63) is 77.7 Å². The molecule has 33 heavy (non-hydrogen) atoms. The quantitative estimate of drug-likeness (QED) is 0.437. The van der Waals surface area contributed by atoms with E-state index in [1.165, 1.54) is 12.8 Å². The van der Waals surface area contributed by atoms with E-state index in [1.54, 1.807) is 18.2 Å². The molecule has 1 aliphatic heterocycles. The number of aromatic amines is 1. The number of hydrogen-bond acceptors (Lipinski definition) is 7. The molecule has 168 valence electrons. The summed E-state index contributed by atoms with van der Waals surface area (Å²) in [5.74, 6) is 0.993. The molecule has 2 aromatic carbocycles. The van der Waals surface area contributed by atoms with Gasteiger partial charge in [0.2, 0.25) is 0 Å². The summed E-state index contributed by atoms with van der Waals surface area (Å²) in [6.45, 7) is 3.37. The predicted molar refractivity (Wildman–Crippen MR) is 127 cm³/mol. The SMILES string of the molecule is COC(=O)c1cccc(Nc2nc(Cc3ccc(N4CCOCC4)cc3)nc3cc[nH]c23)c1. The van der Waals surface area contributed by atoms with Crippen LogP contribution in [0.3, 0.4) is 0 Å². The van der Waals surface area contributed by atoms with Gasteiger partial charge in [-0.1, -0.05) is 18.2 Å². The molecule has 2 N–H and O–H groups in total. The largest absolute Gasteiger partial charge is 0.465 e. The molecule has 0 saturated carbocycles. The smallest absolute Gasteiger partial charge is 0.337 e. The normalized spacial score (nSPS) is 13.8. The first-order valence-electron chi connectivity index (χ1n) is 10.9. The van der Waals surface area contributed by atoms with Gasteiger partial charge in [-0.25, -0.2) is 14.8 Å². The number of fused-ring (bicyclic) bond motifs is 1. The number of esters is 1. The van der Waals surface area contributed by atoms with Crippen molar-refractivity contribution in [1.29, 1.82) is 0 Å². The van der Waals surface area contributed by atoms with Crippen molar-refractivity contribution in [3.8, 4) is 0 Å². The number of carbonyl (C=O) groups is 1. The van der Waals surface area contributed by atoms with E-state index in [-0.39, 0.29) is 5.97 Å². The molecule has 2 aromatic heterocycles. The Bertz CT molecular complexity index is 1260. The summed E-state index contributed by atoms with van der Waals surface area (Å²) in [6.07, 6.45) is 2.46. The number of hydrogen-bond donors (Lipinski definition) is 2. The highest BCUT2D eigenvalue weighted by Gasteiger charge is 2.13. The van der Waals surface area contributed by atoms with Crippen LogP contribution in [0.1, 0.15) is 21.7 Å². The number of carbonyl (C=O) groups excluding carboxylic acids is 1. The molecular weight excluding hydrogens is 418 g/mol. The van der Waals surface area contributed by atoms with Crippen molar-refractivity contribution in [1.82, 2.24) is 15.0 Å². The fourth-order valence-corrected chi connectivity index (χ4v) is 3.97. The zero-order chi connectivity index (χ0) is 22.6. The van der Waals surface area contributed by atoms with Gasteiger partial charge in [-0.05, 0) is 42.0 Å². The van der Waals surface area contributed by atoms with Gasteiger partial charge in [-0.2, -0.15) is 0 Å². The summed E-state index contributed by atoms with van der Waals surface area (Å²) in [6, 6.07) is 17.6. The third-order valence-electron chi connectivity index (χ3n) is 5.67. The van der Waals surface area contributed by atoms with Gasteiger partial charge in [0.15, 0.2) is 5.82 Å². The molecule has 4 aromatic rings. The summed E-state index contributed by atoms with van der Waals surface area (Å²) < 4.78 is 10.3. The average molecular weight is 444 g/mol. The number of nitrogens with zero attached hydrogens (tertiary/aromatic N) is 3. The topological polar surface area (TPSA) is 92.4 Å². The number of rotatable bonds is 6. The lowest BCUT2D eigenvalue weighted by Gasteiger charge is -2.28. The number of benzene rings is 2. The van der Waals surface area contributed by atoms with Crippen molar-refractivity contribution in [2.24, 2.45) is 0 Å². The minimum Gasteiger partial charge on any atom is -0.465 e. The maximum atomic E-state index is 11.9. The fourth-order valence-electron chi connectivity index (χ4n) is 3.97. The van der Waals surface area contributed by atoms with Crippen LogP contribution < -0.4 is 10.2 Å². The van der Waals surface area contributed by atoms with E-state index in [9.17, 15) is 4.79 Å². The Hall–Kier alpha value is -3.91. The molecule has 0 amide bonds. The molecule has 0 atom stereocenters. The zero-order valence-corrected chi connectivity index (χ0v) is 18.4. The van der Waals surface area contributed by atoms with E-state index < -0.39 is 0 Å². The van der Waals surface area contributed by atoms with Crippen molar-refractivity contribution >= 4 is 34.2 Å². The fraction of sp³-hybridized carbons (Fsp3) is 0.240. The lowest BCUT2D eigenvalue weighted by atomic mass is 10.1. The molecule has 8 heteroatoms. The lowest BCUT2D eigenvalue weighted by Crippen LogP contribution is -2.36. The van der Waals surface area contributed by atoms with Gasteiger partial charge in [0, 0.05) is 37.1 Å². The molecule has 1 fully saturated rings. The number of aromatic nitrogens is 3. The van der Waals surface area contributed by atoms with Gasteiger partial charge < -0.3 is 24.7 Å². The van der Waals surface area contributed by atoms with Crippen molar-refractivity contribution in [3.63, 3.8) is 0 Å². The Morgan fingerprint density at radius 2 is 1.94 bits per heavy atom. The molecule has 1 aliphatic rings. The summed E-state index contributed by atoms with van der Waals surface area (Å²) in [5.41, 5.74) is 5.20. The molecule has 0 radical (unpaired) electrons. The van der Waals surface area contributed by atoms with E-state index in [0.29, 0.717) is 23.6 Å². The number of ether oxygens (including phenoxy) is 2. The Balaban J connectivity index is 1.38. The first-order chi connectivity index (χ1) is 16.2. The summed E-state index contributed by atoms with van der Waals surface area (Å²) in [7, 11) is 1.37. The minimum absolute atomic E-state index is 0.382. The standard InChI is InChI=1S/C25H25N5O3/c1-32-25(31)18-3-2-4-19(16-18)27-24-23-21(9-10-26-23)28-22(29-24)15-17-5-7-20(8-6-17)30-11-13-33-14-12-30/h2-10,16,26H,11-15H2,1H3,(H,27,28,29). The summed E-state index contributed by atoms with van der Waals surface area (Å²) in [4.78, 5) is 26.9. The maximum Gasteiger partial charge on any atom is 0.337 e. The average Bonchev–Trinajstić information content (AvgIpc) is 3.34. The number of H-pyrrole nitrogens is 1. The van der Waals surface area contributed by atoms with Crippen LogP contribution in [0.5, 0.6) is 0 Å². The van der Waals surface area contributed by atoms with E-state index in [1.807, 2.05) is 18.3 Å². The number of methoxy groups -OCH3 is 1. The van der Waals surface area contributed by atoms with Gasteiger partial charge in [-0.3, -0.25) is 0 Å². The Labute approximate surface area is 191 Å². The molecule has 5 rings (SSSR count). The first-order valence-corrected chi connectivity index (χ1v) is 10.9. The predicted octanol–water partition coefficient (Wildman–Crippen LogP) is 3.92. The number of nitrogens with one attached hydrogen (secondary N) is 2. The van der Waals surface area contributed by atoms with Gasteiger partial charge in [0.25, 0.3) is 0 Å². The summed E-state index contributed by atoms with van der Waals surface area (Å²) in [5, 5.41) is 3.32. The third-order valence-corrected chi connectivity index (χ3v) is 5.67. The van der Waals surface area contributed by atoms with Crippen LogP contribution in [0.2, 0.25) is 0 Å². The van der Waals surface area contributed by atoms with Crippen LogP contribution in [-0.2, 0) is 15.9 Å². The van der Waals surface area contributed by atoms with Gasteiger partial charge in [-0.15, -0.1) is 0 Å². The molecular formula is C25H25N5O3. The van der Waals surface area contributed by atoms with Crippen molar-refractivity contribution < 1.29 is 14.3 Å². The van der Waals surface area contributed by atoms with Crippen LogP contribution in [0, 0.1) is 0 Å². The number of morpholine rings is 1. The highest BCUT2D eigenvalue weighted by molar-refractivity contribution is 5.92. The van der Waals surface area contributed by atoms with Crippen LogP contribution in [-0.4, -0.2) is 54.3 Å². The monoisotopic (exact) mass is 443 g/mol. The maximum absolute atomic E-state index is 11.9. The Morgan fingerprint density at radius 3 is 2.73 bits per heavy atom. The van der Waals surface area contributed by atoms with E-state index >= 15 is 0 Å². The number of anilines is 3. The second-order valence-electron chi connectivity index (χ2n) is 7.87. The molecule has 0 spiro atoms. The minimum atomic E-state index is -0.382. The van der Waals surface area contributed by atoms with Crippen LogP contribution in [0.15, 0.2) is 60.8 Å². The highest BCUT2D eigenvalue weighted by atomic mass is 16.5. The molecule has 3 heterocycles. The molecule has 8 nitrogen and oxygen atoms in total. The molecule has 0 unspecified atom stereocenters. The summed E-state index contributed by atoms with van der Waals surface area (Å²) >= 11 is 0. The second kappa shape index (κ2) is 9.30. The Morgan fingerprint density at radius 1 is 1.12 bits per heavy atom. The second-order valence-corrected chi connectivity index (χ2v) is 7.87.